The van der Waals surface area contributed by atoms with E-state index in [1.54, 1.807) is 13.0 Å². The summed E-state index contributed by atoms with van der Waals surface area (Å²) >= 11 is 0. The maximum absolute atomic E-state index is 11.9. The molecule has 5 nitrogen and oxygen atoms in total. The maximum atomic E-state index is 11.9. The van der Waals surface area contributed by atoms with Crippen LogP contribution in [0.3, 0.4) is 0 Å². The predicted octanol–water partition coefficient (Wildman–Crippen LogP) is 2.17. The van der Waals surface area contributed by atoms with Crippen LogP contribution in [0.15, 0.2) is 36.4 Å². The van der Waals surface area contributed by atoms with Gasteiger partial charge < -0.3 is 10.5 Å². The summed E-state index contributed by atoms with van der Waals surface area (Å²) in [4.78, 5) is 33.9. The van der Waals surface area contributed by atoms with Crippen LogP contribution >= 0.6 is 0 Å². The van der Waals surface area contributed by atoms with Gasteiger partial charge in [0.1, 0.15) is 0 Å². The second kappa shape index (κ2) is 6.39. The SMILES string of the molecule is CC(=O)c1ccc2cc(C(C)C(=O)OCC(N)=O)ccc2c1. The van der Waals surface area contributed by atoms with Gasteiger partial charge in [0.05, 0.1) is 5.92 Å². The van der Waals surface area contributed by atoms with Crippen molar-refractivity contribution in [3.8, 4) is 0 Å². The molecule has 0 bridgehead atoms. The molecule has 2 aromatic carbocycles. The zero-order valence-electron chi connectivity index (χ0n) is 12.5. The second-order valence-electron chi connectivity index (χ2n) is 5.17. The highest BCUT2D eigenvalue weighted by molar-refractivity contribution is 5.98. The topological polar surface area (TPSA) is 86.5 Å². The summed E-state index contributed by atoms with van der Waals surface area (Å²) in [5, 5.41) is 1.85. The Balaban J connectivity index is 2.25. The Labute approximate surface area is 128 Å². The van der Waals surface area contributed by atoms with Crippen LogP contribution in [0.25, 0.3) is 10.8 Å². The quantitative estimate of drug-likeness (QED) is 0.677. The fraction of sp³-hybridized carbons (Fsp3) is 0.235. The van der Waals surface area contributed by atoms with Crippen LogP contribution in [0.5, 0.6) is 0 Å². The molecule has 0 aliphatic carbocycles. The van der Waals surface area contributed by atoms with Crippen LogP contribution < -0.4 is 5.73 Å². The van der Waals surface area contributed by atoms with Crippen molar-refractivity contribution in [2.24, 2.45) is 5.73 Å². The van der Waals surface area contributed by atoms with E-state index in [9.17, 15) is 14.4 Å². The number of benzene rings is 2. The maximum Gasteiger partial charge on any atom is 0.313 e. The monoisotopic (exact) mass is 299 g/mol. The molecule has 0 aliphatic rings. The molecular weight excluding hydrogens is 282 g/mol. The smallest absolute Gasteiger partial charge is 0.313 e. The van der Waals surface area contributed by atoms with E-state index in [1.807, 2.05) is 30.3 Å². The zero-order valence-corrected chi connectivity index (χ0v) is 12.5. The number of fused-ring (bicyclic) bond motifs is 1. The Hall–Kier alpha value is -2.69. The fourth-order valence-electron chi connectivity index (χ4n) is 2.16. The highest BCUT2D eigenvalue weighted by atomic mass is 16.5. The van der Waals surface area contributed by atoms with Crippen LogP contribution in [-0.4, -0.2) is 24.3 Å². The number of carbonyl (C=O) groups is 3. The minimum absolute atomic E-state index is 0.00868. The lowest BCUT2D eigenvalue weighted by atomic mass is 9.96. The van der Waals surface area contributed by atoms with Crippen molar-refractivity contribution >= 4 is 28.4 Å². The van der Waals surface area contributed by atoms with Gasteiger partial charge in [-0.05, 0) is 36.2 Å². The number of primary amides is 1. The summed E-state index contributed by atoms with van der Waals surface area (Å²) in [5.41, 5.74) is 6.37. The normalized spacial score (nSPS) is 11.9. The van der Waals surface area contributed by atoms with Crippen LogP contribution in [-0.2, 0) is 14.3 Å². The molecule has 0 radical (unpaired) electrons. The molecule has 0 heterocycles. The van der Waals surface area contributed by atoms with Crippen molar-refractivity contribution < 1.29 is 19.1 Å². The summed E-state index contributed by atoms with van der Waals surface area (Å²) < 4.78 is 4.82. The van der Waals surface area contributed by atoms with Crippen LogP contribution in [0.4, 0.5) is 0 Å². The minimum Gasteiger partial charge on any atom is -0.455 e. The first kappa shape index (κ1) is 15.7. The Morgan fingerprint density at radius 1 is 1.09 bits per heavy atom. The molecular formula is C17H17NO4. The fourth-order valence-corrected chi connectivity index (χ4v) is 2.16. The van der Waals surface area contributed by atoms with Gasteiger partial charge in [-0.2, -0.15) is 0 Å². The minimum atomic E-state index is -0.684. The lowest BCUT2D eigenvalue weighted by Gasteiger charge is -2.12. The van der Waals surface area contributed by atoms with Crippen molar-refractivity contribution in [3.63, 3.8) is 0 Å². The highest BCUT2D eigenvalue weighted by Gasteiger charge is 2.18. The third-order valence-corrected chi connectivity index (χ3v) is 3.48. The molecule has 22 heavy (non-hydrogen) atoms. The van der Waals surface area contributed by atoms with Crippen LogP contribution in [0.2, 0.25) is 0 Å². The molecule has 0 aliphatic heterocycles. The molecule has 2 rings (SSSR count). The van der Waals surface area contributed by atoms with E-state index in [-0.39, 0.29) is 5.78 Å². The molecule has 0 saturated heterocycles. The lowest BCUT2D eigenvalue weighted by Crippen LogP contribution is -2.23. The first-order valence-corrected chi connectivity index (χ1v) is 6.88. The van der Waals surface area contributed by atoms with Gasteiger partial charge in [0.15, 0.2) is 12.4 Å². The standard InChI is InChI=1S/C17H17NO4/c1-10(17(21)22-9-16(18)20)12-3-5-15-8-13(11(2)19)4-6-14(15)7-12/h3-8,10H,9H2,1-2H3,(H2,18,20). The highest BCUT2D eigenvalue weighted by Crippen LogP contribution is 2.23. The summed E-state index contributed by atoms with van der Waals surface area (Å²) in [5.74, 6) is -1.68. The van der Waals surface area contributed by atoms with Gasteiger partial charge in [0.2, 0.25) is 0 Å². The molecule has 2 N–H and O–H groups in total. The molecule has 114 valence electrons. The lowest BCUT2D eigenvalue weighted by molar-refractivity contribution is -0.148. The van der Waals surface area contributed by atoms with Gasteiger partial charge in [-0.1, -0.05) is 30.3 Å². The van der Waals surface area contributed by atoms with E-state index in [4.69, 9.17) is 10.5 Å². The van der Waals surface area contributed by atoms with E-state index >= 15 is 0 Å². The third-order valence-electron chi connectivity index (χ3n) is 3.48. The van der Waals surface area contributed by atoms with Gasteiger partial charge in [0.25, 0.3) is 5.91 Å². The number of hydrogen-bond acceptors (Lipinski definition) is 4. The van der Waals surface area contributed by atoms with E-state index in [0.717, 1.165) is 16.3 Å². The summed E-state index contributed by atoms with van der Waals surface area (Å²) in [7, 11) is 0. The van der Waals surface area contributed by atoms with Crippen molar-refractivity contribution in [2.75, 3.05) is 6.61 Å². The summed E-state index contributed by atoms with van der Waals surface area (Å²) in [6.45, 7) is 2.81. The Bertz CT molecular complexity index is 751. The second-order valence-corrected chi connectivity index (χ2v) is 5.17. The molecule has 1 amide bonds. The van der Waals surface area contributed by atoms with E-state index < -0.39 is 24.4 Å². The van der Waals surface area contributed by atoms with Crippen molar-refractivity contribution in [2.45, 2.75) is 19.8 Å². The number of nitrogens with two attached hydrogens (primary N) is 1. The van der Waals surface area contributed by atoms with E-state index in [2.05, 4.69) is 0 Å². The molecule has 0 saturated carbocycles. The first-order valence-electron chi connectivity index (χ1n) is 6.88. The largest absolute Gasteiger partial charge is 0.455 e. The zero-order chi connectivity index (χ0) is 16.3. The summed E-state index contributed by atoms with van der Waals surface area (Å²) in [6, 6.07) is 11.0. The molecule has 0 fully saturated rings. The number of carbonyl (C=O) groups excluding carboxylic acids is 3. The van der Waals surface area contributed by atoms with Crippen LogP contribution in [0.1, 0.15) is 35.7 Å². The molecule has 1 unspecified atom stereocenters. The van der Waals surface area contributed by atoms with E-state index in [0.29, 0.717) is 5.56 Å². The number of esters is 1. The van der Waals surface area contributed by atoms with Gasteiger partial charge in [-0.3, -0.25) is 14.4 Å². The number of ketones is 1. The van der Waals surface area contributed by atoms with E-state index in [1.165, 1.54) is 6.92 Å². The number of ether oxygens (including phenoxy) is 1. The van der Waals surface area contributed by atoms with Gasteiger partial charge in [-0.15, -0.1) is 0 Å². The third kappa shape index (κ3) is 3.49. The predicted molar refractivity (Wildman–Crippen MR) is 82.5 cm³/mol. The Kier molecular flexibility index (Phi) is 4.56. The molecule has 2 aromatic rings. The Morgan fingerprint density at radius 3 is 2.36 bits per heavy atom. The molecule has 1 atom stereocenters. The van der Waals surface area contributed by atoms with Gasteiger partial charge in [0, 0.05) is 5.56 Å². The summed E-state index contributed by atoms with van der Waals surface area (Å²) in [6.07, 6.45) is 0. The van der Waals surface area contributed by atoms with Crippen molar-refractivity contribution in [3.05, 3.63) is 47.5 Å². The number of amides is 1. The van der Waals surface area contributed by atoms with Crippen molar-refractivity contribution in [1.82, 2.24) is 0 Å². The number of hydrogen-bond donors (Lipinski definition) is 1. The van der Waals surface area contributed by atoms with Gasteiger partial charge in [-0.25, -0.2) is 0 Å². The van der Waals surface area contributed by atoms with Gasteiger partial charge >= 0.3 is 5.97 Å². The van der Waals surface area contributed by atoms with Crippen molar-refractivity contribution in [1.29, 1.82) is 0 Å². The average Bonchev–Trinajstić information content (AvgIpc) is 2.50. The van der Waals surface area contributed by atoms with Crippen LogP contribution in [0, 0.1) is 0 Å². The Morgan fingerprint density at radius 2 is 1.73 bits per heavy atom. The first-order chi connectivity index (χ1) is 10.4. The number of rotatable bonds is 5. The molecule has 0 aromatic heterocycles. The molecule has 0 spiro atoms. The average molecular weight is 299 g/mol. The number of Topliss-reactive ketones (excluding diaryl/α,β-unsaturated/α-hetero) is 1. The molecule has 5 heteroatoms.